The zero-order valence-electron chi connectivity index (χ0n) is 14.5. The predicted octanol–water partition coefficient (Wildman–Crippen LogP) is -0.467. The Kier molecular flexibility index (Phi) is 5.98. The fraction of sp³-hybridized carbons (Fsp3) is 0.750. The molecule has 1 aromatic rings. The molecule has 2 saturated heterocycles. The van der Waals surface area contributed by atoms with Gasteiger partial charge in [-0.05, 0) is 12.8 Å². The van der Waals surface area contributed by atoms with Gasteiger partial charge in [-0.2, -0.15) is 5.10 Å². The summed E-state index contributed by atoms with van der Waals surface area (Å²) in [6, 6.07) is -0.0792. The van der Waals surface area contributed by atoms with E-state index in [9.17, 15) is 9.59 Å². The number of rotatable bonds is 7. The fourth-order valence-electron chi connectivity index (χ4n) is 3.46. The summed E-state index contributed by atoms with van der Waals surface area (Å²) in [5.74, 6) is 0.0852. The average Bonchev–Trinajstić information content (AvgIpc) is 3.14. The molecule has 2 fully saturated rings. The number of aromatic nitrogens is 3. The number of ether oxygens (including phenoxy) is 2. The van der Waals surface area contributed by atoms with Crippen molar-refractivity contribution in [2.45, 2.75) is 38.0 Å². The lowest BCUT2D eigenvalue weighted by molar-refractivity contribution is -0.167. The number of methoxy groups -OCH3 is 1. The quantitative estimate of drug-likeness (QED) is 0.660. The number of nitrogens with zero attached hydrogens (tertiary/aromatic N) is 5. The number of carbonyl (C=O) groups is 2. The molecule has 2 amide bonds. The number of morpholine rings is 1. The summed E-state index contributed by atoms with van der Waals surface area (Å²) < 4.78 is 12.5. The van der Waals surface area contributed by atoms with Gasteiger partial charge in [0, 0.05) is 39.7 Å². The van der Waals surface area contributed by atoms with Crippen LogP contribution in [0.4, 0.5) is 0 Å². The number of likely N-dealkylation sites (tertiary alicyclic amines) is 1. The highest BCUT2D eigenvalue weighted by Gasteiger charge is 2.41. The maximum atomic E-state index is 12.5. The molecule has 0 radical (unpaired) electrons. The molecule has 1 aromatic heterocycles. The molecule has 2 atom stereocenters. The number of hydrogen-bond donors (Lipinski definition) is 0. The van der Waals surface area contributed by atoms with Crippen molar-refractivity contribution in [2.24, 2.45) is 0 Å². The van der Waals surface area contributed by atoms with Gasteiger partial charge in [-0.25, -0.2) is 4.98 Å². The molecule has 0 bridgehead atoms. The topological polar surface area (TPSA) is 89.8 Å². The third kappa shape index (κ3) is 4.35. The number of carbonyl (C=O) groups excluding carboxylic acids is 2. The average molecular weight is 351 g/mol. The van der Waals surface area contributed by atoms with Crippen LogP contribution >= 0.6 is 0 Å². The Morgan fingerprint density at radius 2 is 2.32 bits per heavy atom. The molecule has 0 aromatic carbocycles. The lowest BCUT2D eigenvalue weighted by atomic mass is 9.98. The first kappa shape index (κ1) is 17.8. The summed E-state index contributed by atoms with van der Waals surface area (Å²) in [6.45, 7) is 3.02. The maximum Gasteiger partial charge on any atom is 0.249 e. The van der Waals surface area contributed by atoms with Crippen molar-refractivity contribution in [1.29, 1.82) is 0 Å². The highest BCUT2D eigenvalue weighted by atomic mass is 16.5. The molecule has 0 unspecified atom stereocenters. The molecule has 138 valence electrons. The van der Waals surface area contributed by atoms with Crippen LogP contribution in [-0.2, 0) is 25.6 Å². The molecular weight excluding hydrogens is 326 g/mol. The van der Waals surface area contributed by atoms with E-state index in [0.29, 0.717) is 39.2 Å². The Morgan fingerprint density at radius 1 is 1.44 bits per heavy atom. The van der Waals surface area contributed by atoms with Crippen LogP contribution < -0.4 is 0 Å². The van der Waals surface area contributed by atoms with Crippen LogP contribution in [0.1, 0.15) is 19.3 Å². The van der Waals surface area contributed by atoms with Crippen LogP contribution in [0.5, 0.6) is 0 Å². The predicted molar refractivity (Wildman–Crippen MR) is 87.6 cm³/mol. The van der Waals surface area contributed by atoms with Gasteiger partial charge in [0.25, 0.3) is 0 Å². The molecule has 0 spiro atoms. The third-order valence-electron chi connectivity index (χ3n) is 4.80. The third-order valence-corrected chi connectivity index (χ3v) is 4.80. The number of aryl methyl sites for hydroxylation is 1. The standard InChI is InChI=1S/C16H25N5O4/c1-24-8-7-21-13-9-19(6-4-14(13)25-10-16(21)23)15(22)3-2-5-20-12-17-11-18-20/h11-14H,2-10H2,1H3/t13-,14+/m0/s1. The van der Waals surface area contributed by atoms with E-state index in [1.165, 1.54) is 6.33 Å². The Labute approximate surface area is 146 Å². The van der Waals surface area contributed by atoms with E-state index < -0.39 is 0 Å². The monoisotopic (exact) mass is 351 g/mol. The van der Waals surface area contributed by atoms with E-state index in [1.807, 2.05) is 9.80 Å². The number of hydrogen-bond acceptors (Lipinski definition) is 6. The van der Waals surface area contributed by atoms with Gasteiger partial charge in [0.05, 0.1) is 18.8 Å². The zero-order chi connectivity index (χ0) is 17.6. The SMILES string of the molecule is COCCN1C(=O)CO[C@@H]2CCN(C(=O)CCCn3cncn3)C[C@@H]21. The molecule has 2 aliphatic heterocycles. The van der Waals surface area contributed by atoms with Crippen LogP contribution in [0.2, 0.25) is 0 Å². The van der Waals surface area contributed by atoms with Crippen molar-refractivity contribution in [2.75, 3.05) is 40.0 Å². The first-order chi connectivity index (χ1) is 12.2. The molecule has 3 heterocycles. The van der Waals surface area contributed by atoms with Gasteiger partial charge in [-0.3, -0.25) is 14.3 Å². The van der Waals surface area contributed by atoms with Crippen LogP contribution in [0.15, 0.2) is 12.7 Å². The van der Waals surface area contributed by atoms with Gasteiger partial charge < -0.3 is 19.3 Å². The molecule has 3 rings (SSSR count). The summed E-state index contributed by atoms with van der Waals surface area (Å²) in [6.07, 6.45) is 5.08. The largest absolute Gasteiger partial charge is 0.383 e. The van der Waals surface area contributed by atoms with E-state index in [0.717, 1.165) is 12.8 Å². The smallest absolute Gasteiger partial charge is 0.249 e. The van der Waals surface area contributed by atoms with E-state index in [1.54, 1.807) is 18.1 Å². The van der Waals surface area contributed by atoms with Crippen LogP contribution in [0, 0.1) is 0 Å². The van der Waals surface area contributed by atoms with Crippen molar-refractivity contribution in [1.82, 2.24) is 24.6 Å². The minimum absolute atomic E-state index is 0.00811. The van der Waals surface area contributed by atoms with E-state index >= 15 is 0 Å². The first-order valence-corrected chi connectivity index (χ1v) is 8.69. The Morgan fingerprint density at radius 3 is 3.08 bits per heavy atom. The Hall–Kier alpha value is -2.00. The minimum Gasteiger partial charge on any atom is -0.383 e. The van der Waals surface area contributed by atoms with Crippen LogP contribution in [0.3, 0.4) is 0 Å². The van der Waals surface area contributed by atoms with Gasteiger partial charge in [-0.15, -0.1) is 0 Å². The Bertz CT molecular complexity index is 579. The van der Waals surface area contributed by atoms with Crippen LogP contribution in [0.25, 0.3) is 0 Å². The summed E-state index contributed by atoms with van der Waals surface area (Å²) in [4.78, 5) is 32.2. The molecule has 2 aliphatic rings. The fourth-order valence-corrected chi connectivity index (χ4v) is 3.46. The van der Waals surface area contributed by atoms with Gasteiger partial charge in [0.1, 0.15) is 19.3 Å². The molecular formula is C16H25N5O4. The van der Waals surface area contributed by atoms with Gasteiger partial charge in [-0.1, -0.05) is 0 Å². The van der Waals surface area contributed by atoms with Crippen molar-refractivity contribution < 1.29 is 19.1 Å². The van der Waals surface area contributed by atoms with E-state index in [-0.39, 0.29) is 30.6 Å². The second-order valence-electron chi connectivity index (χ2n) is 6.39. The highest BCUT2D eigenvalue weighted by molar-refractivity contribution is 5.79. The van der Waals surface area contributed by atoms with Crippen LogP contribution in [-0.4, -0.2) is 88.5 Å². The Balaban J connectivity index is 1.53. The lowest BCUT2D eigenvalue weighted by Crippen LogP contribution is -2.63. The molecule has 0 N–H and O–H groups in total. The van der Waals surface area contributed by atoms with Crippen molar-refractivity contribution in [3.8, 4) is 0 Å². The first-order valence-electron chi connectivity index (χ1n) is 8.69. The second-order valence-corrected chi connectivity index (χ2v) is 6.39. The highest BCUT2D eigenvalue weighted by Crippen LogP contribution is 2.24. The number of piperidine rings is 1. The zero-order valence-corrected chi connectivity index (χ0v) is 14.5. The van der Waals surface area contributed by atoms with Gasteiger partial charge >= 0.3 is 0 Å². The van der Waals surface area contributed by atoms with Gasteiger partial charge in [0.15, 0.2) is 0 Å². The summed E-state index contributed by atoms with van der Waals surface area (Å²) >= 11 is 0. The normalized spacial score (nSPS) is 23.6. The molecule has 0 saturated carbocycles. The van der Waals surface area contributed by atoms with E-state index in [4.69, 9.17) is 9.47 Å². The minimum atomic E-state index is -0.0792. The number of fused-ring (bicyclic) bond motifs is 1. The summed E-state index contributed by atoms with van der Waals surface area (Å²) in [5, 5.41) is 4.03. The molecule has 25 heavy (non-hydrogen) atoms. The van der Waals surface area contributed by atoms with Crippen molar-refractivity contribution >= 4 is 11.8 Å². The maximum absolute atomic E-state index is 12.5. The van der Waals surface area contributed by atoms with Crippen molar-refractivity contribution in [3.63, 3.8) is 0 Å². The molecule has 0 aliphatic carbocycles. The summed E-state index contributed by atoms with van der Waals surface area (Å²) in [5.41, 5.74) is 0. The van der Waals surface area contributed by atoms with Crippen molar-refractivity contribution in [3.05, 3.63) is 12.7 Å². The molecule has 9 heteroatoms. The second kappa shape index (κ2) is 8.39. The number of amides is 2. The molecule has 9 nitrogen and oxygen atoms in total. The van der Waals surface area contributed by atoms with E-state index in [2.05, 4.69) is 10.1 Å². The summed E-state index contributed by atoms with van der Waals surface area (Å²) in [7, 11) is 1.62. The lowest BCUT2D eigenvalue weighted by Gasteiger charge is -2.46. The van der Waals surface area contributed by atoms with Gasteiger partial charge in [0.2, 0.25) is 11.8 Å².